The Bertz CT molecular complexity index is 3430. The summed E-state index contributed by atoms with van der Waals surface area (Å²) in [4.78, 5) is 18.7. The molecule has 0 saturated carbocycles. The lowest BCUT2D eigenvalue weighted by atomic mass is 9.33. The Labute approximate surface area is 339 Å². The van der Waals surface area contributed by atoms with Crippen LogP contribution >= 0.6 is 0 Å². The van der Waals surface area contributed by atoms with Crippen LogP contribution in [0.5, 0.6) is 0 Å². The number of para-hydroxylation sites is 2. The zero-order valence-corrected chi connectivity index (χ0v) is 31.6. The van der Waals surface area contributed by atoms with Crippen LogP contribution in [0.1, 0.15) is 0 Å². The normalized spacial score (nSPS) is 13.3. The lowest BCUT2D eigenvalue weighted by Gasteiger charge is -2.45. The van der Waals surface area contributed by atoms with Gasteiger partial charge < -0.3 is 9.80 Å². The minimum absolute atomic E-state index is 0.0823. The van der Waals surface area contributed by atoms with E-state index in [0.717, 1.165) is 28.3 Å². The molecule has 14 rings (SSSR count). The SMILES string of the molecule is c1ccc(N2c3cc(-c4ncncn4)cc4c3B(c3cc5ccc6cccc7ccc(c32)c5c67)c2cc3ccc5cccc6ccc(c2N4c2ccccc2)c3c56)cc1. The molecule has 0 bridgehead atoms. The molecular weight excluding hydrogens is 717 g/mol. The molecule has 0 saturated heterocycles. The summed E-state index contributed by atoms with van der Waals surface area (Å²) in [6.45, 7) is -0.0823. The van der Waals surface area contributed by atoms with Gasteiger partial charge in [-0.2, -0.15) is 0 Å². The van der Waals surface area contributed by atoms with Gasteiger partial charge in [0.25, 0.3) is 6.71 Å². The molecule has 0 unspecified atom stereocenters. The minimum Gasteiger partial charge on any atom is -0.311 e. The van der Waals surface area contributed by atoms with Gasteiger partial charge in [0.15, 0.2) is 5.82 Å². The summed E-state index contributed by atoms with van der Waals surface area (Å²) >= 11 is 0. The summed E-state index contributed by atoms with van der Waals surface area (Å²) in [6.07, 6.45) is 3.19. The summed E-state index contributed by atoms with van der Waals surface area (Å²) in [5, 5.41) is 15.3. The molecule has 0 aliphatic carbocycles. The zero-order chi connectivity index (χ0) is 38.3. The molecule has 0 fully saturated rings. The van der Waals surface area contributed by atoms with Crippen molar-refractivity contribution in [1.29, 1.82) is 0 Å². The van der Waals surface area contributed by atoms with Crippen LogP contribution in [0.25, 0.3) is 76.0 Å². The molecular formula is C53H30BN5. The van der Waals surface area contributed by atoms with Crippen LogP contribution in [0.15, 0.2) is 183 Å². The van der Waals surface area contributed by atoms with E-state index in [2.05, 4.69) is 185 Å². The fourth-order valence-electron chi connectivity index (χ4n) is 10.8. The van der Waals surface area contributed by atoms with Crippen molar-refractivity contribution in [2.75, 3.05) is 9.80 Å². The Morgan fingerprint density at radius 3 is 1.31 bits per heavy atom. The van der Waals surface area contributed by atoms with Crippen LogP contribution in [-0.2, 0) is 0 Å². The number of aromatic nitrogens is 3. The van der Waals surface area contributed by atoms with E-state index in [-0.39, 0.29) is 6.71 Å². The van der Waals surface area contributed by atoms with Crippen molar-refractivity contribution in [3.63, 3.8) is 0 Å². The molecule has 6 heteroatoms. The lowest BCUT2D eigenvalue weighted by Crippen LogP contribution is -2.61. The maximum Gasteiger partial charge on any atom is 0.252 e. The molecule has 11 aromatic carbocycles. The quantitative estimate of drug-likeness (QED) is 0.133. The highest BCUT2D eigenvalue weighted by Gasteiger charge is 2.45. The van der Waals surface area contributed by atoms with E-state index in [1.807, 2.05) is 0 Å². The molecule has 0 radical (unpaired) electrons. The smallest absolute Gasteiger partial charge is 0.252 e. The molecule has 5 nitrogen and oxygen atoms in total. The summed E-state index contributed by atoms with van der Waals surface area (Å²) in [5.74, 6) is 0.638. The highest BCUT2D eigenvalue weighted by Crippen LogP contribution is 2.51. The second-order valence-electron chi connectivity index (χ2n) is 16.0. The van der Waals surface area contributed by atoms with Crippen LogP contribution in [0.2, 0.25) is 0 Å². The molecule has 2 aliphatic heterocycles. The highest BCUT2D eigenvalue weighted by molar-refractivity contribution is 7.01. The third-order valence-electron chi connectivity index (χ3n) is 13.1. The number of nitrogens with zero attached hydrogens (tertiary/aromatic N) is 5. The van der Waals surface area contributed by atoms with E-state index in [4.69, 9.17) is 9.97 Å². The predicted molar refractivity (Wildman–Crippen MR) is 247 cm³/mol. The topological polar surface area (TPSA) is 45.2 Å². The molecule has 0 amide bonds. The van der Waals surface area contributed by atoms with Crippen molar-refractivity contribution in [2.45, 2.75) is 0 Å². The van der Waals surface area contributed by atoms with Crippen molar-refractivity contribution < 1.29 is 0 Å². The Balaban J connectivity index is 1.21. The molecule has 270 valence electrons. The fourth-order valence-corrected chi connectivity index (χ4v) is 10.8. The summed E-state index contributed by atoms with van der Waals surface area (Å²) < 4.78 is 0. The highest BCUT2D eigenvalue weighted by atomic mass is 15.2. The van der Waals surface area contributed by atoms with Crippen molar-refractivity contribution in [1.82, 2.24) is 15.0 Å². The van der Waals surface area contributed by atoms with Gasteiger partial charge in [-0.15, -0.1) is 0 Å². The van der Waals surface area contributed by atoms with E-state index < -0.39 is 0 Å². The standard InChI is InChI=1S/C53H30BN5/c1-3-13-38(14-4-1)58-44-27-37(53-56-29-55-30-57-53)28-45-50(44)54(42-25-35-19-17-31-9-7-11-33-21-23-40(51(42)58)48(35)46(31)33)43-26-36-20-18-32-10-8-12-34-22-24-41(49(36)47(32)34)52(43)59(45)39-15-5-2-6-16-39/h1-30H. The number of rotatable bonds is 3. The van der Waals surface area contributed by atoms with Crippen LogP contribution in [0.4, 0.5) is 34.1 Å². The molecule has 12 aromatic rings. The fraction of sp³-hybridized carbons (Fsp3) is 0. The minimum atomic E-state index is -0.0823. The van der Waals surface area contributed by atoms with Gasteiger partial charge >= 0.3 is 0 Å². The number of benzene rings is 11. The van der Waals surface area contributed by atoms with E-state index in [1.54, 1.807) is 12.7 Å². The molecule has 59 heavy (non-hydrogen) atoms. The zero-order valence-electron chi connectivity index (χ0n) is 31.6. The van der Waals surface area contributed by atoms with Gasteiger partial charge in [0.1, 0.15) is 12.7 Å². The first-order valence-electron chi connectivity index (χ1n) is 20.2. The van der Waals surface area contributed by atoms with Crippen molar-refractivity contribution >= 4 is 122 Å². The largest absolute Gasteiger partial charge is 0.311 e. The van der Waals surface area contributed by atoms with Gasteiger partial charge in [-0.1, -0.05) is 133 Å². The van der Waals surface area contributed by atoms with E-state index in [9.17, 15) is 0 Å². The van der Waals surface area contributed by atoms with Gasteiger partial charge in [-0.05, 0) is 107 Å². The Kier molecular flexibility index (Phi) is 6.04. The summed E-state index contributed by atoms with van der Waals surface area (Å²) in [6, 6.07) is 63.3. The average Bonchev–Trinajstić information content (AvgIpc) is 3.30. The van der Waals surface area contributed by atoms with Gasteiger partial charge in [0.05, 0.1) is 0 Å². The first-order valence-corrected chi connectivity index (χ1v) is 20.2. The molecule has 0 atom stereocenters. The molecule has 2 aliphatic rings. The predicted octanol–water partition coefficient (Wildman–Crippen LogP) is 11.4. The summed E-state index contributed by atoms with van der Waals surface area (Å²) in [5.41, 5.74) is 11.6. The molecule has 3 heterocycles. The van der Waals surface area contributed by atoms with Crippen LogP contribution < -0.4 is 26.2 Å². The van der Waals surface area contributed by atoms with Crippen molar-refractivity contribution in [3.05, 3.63) is 183 Å². The first-order chi connectivity index (χ1) is 29.3. The van der Waals surface area contributed by atoms with E-state index in [0.29, 0.717) is 5.82 Å². The number of fused-ring (bicyclic) bond motifs is 6. The van der Waals surface area contributed by atoms with Crippen LogP contribution in [0, 0.1) is 0 Å². The third-order valence-corrected chi connectivity index (χ3v) is 13.1. The van der Waals surface area contributed by atoms with Gasteiger partial charge in [0, 0.05) is 50.5 Å². The number of hydrogen-bond acceptors (Lipinski definition) is 5. The van der Waals surface area contributed by atoms with Crippen LogP contribution in [0.3, 0.4) is 0 Å². The lowest BCUT2D eigenvalue weighted by molar-refractivity contribution is 1.06. The van der Waals surface area contributed by atoms with Crippen molar-refractivity contribution in [2.24, 2.45) is 0 Å². The van der Waals surface area contributed by atoms with E-state index in [1.165, 1.54) is 92.4 Å². The van der Waals surface area contributed by atoms with Crippen LogP contribution in [-0.4, -0.2) is 21.7 Å². The number of hydrogen-bond donors (Lipinski definition) is 0. The second kappa shape index (κ2) is 11.4. The van der Waals surface area contributed by atoms with Gasteiger partial charge in [-0.3, -0.25) is 0 Å². The monoisotopic (exact) mass is 747 g/mol. The number of anilines is 6. The Morgan fingerprint density at radius 1 is 0.390 bits per heavy atom. The molecule has 1 aromatic heterocycles. The maximum absolute atomic E-state index is 4.75. The maximum atomic E-state index is 4.75. The Hall–Kier alpha value is -7.83. The Morgan fingerprint density at radius 2 is 0.831 bits per heavy atom. The molecule has 0 spiro atoms. The van der Waals surface area contributed by atoms with E-state index >= 15 is 0 Å². The van der Waals surface area contributed by atoms with Crippen molar-refractivity contribution in [3.8, 4) is 11.4 Å². The first kappa shape index (κ1) is 31.3. The summed E-state index contributed by atoms with van der Waals surface area (Å²) in [7, 11) is 0. The molecule has 0 N–H and O–H groups in total. The average molecular weight is 748 g/mol. The van der Waals surface area contributed by atoms with Gasteiger partial charge in [0.2, 0.25) is 0 Å². The third kappa shape index (κ3) is 4.12. The van der Waals surface area contributed by atoms with Gasteiger partial charge in [-0.25, -0.2) is 15.0 Å². The second-order valence-corrected chi connectivity index (χ2v) is 16.0.